The van der Waals surface area contributed by atoms with Crippen LogP contribution in [0.4, 0.5) is 0 Å². The second kappa shape index (κ2) is 7.53. The van der Waals surface area contributed by atoms with Crippen molar-refractivity contribution < 1.29 is 19.4 Å². The summed E-state index contributed by atoms with van der Waals surface area (Å²) in [6.45, 7) is 1.84. The molecule has 0 aliphatic rings. The lowest BCUT2D eigenvalue weighted by molar-refractivity contribution is -0.138. The van der Waals surface area contributed by atoms with Crippen molar-refractivity contribution in [2.45, 2.75) is 31.9 Å². The van der Waals surface area contributed by atoms with Crippen LogP contribution in [-0.4, -0.2) is 30.2 Å². The number of methoxy groups -OCH3 is 1. The number of carboxylic acids is 1. The second-order valence-corrected chi connectivity index (χ2v) is 4.20. The van der Waals surface area contributed by atoms with Crippen LogP contribution in [0.5, 0.6) is 0 Å². The molecule has 2 atom stereocenters. The molecule has 5 nitrogen and oxygen atoms in total. The molecule has 19 heavy (non-hydrogen) atoms. The number of rotatable bonds is 7. The smallest absolute Gasteiger partial charge is 0.305 e. The van der Waals surface area contributed by atoms with Gasteiger partial charge in [-0.15, -0.1) is 0 Å². The van der Waals surface area contributed by atoms with Gasteiger partial charge in [0.2, 0.25) is 5.91 Å². The van der Waals surface area contributed by atoms with E-state index in [1.165, 1.54) is 7.11 Å². The van der Waals surface area contributed by atoms with Crippen LogP contribution in [0.3, 0.4) is 0 Å². The van der Waals surface area contributed by atoms with Crippen LogP contribution in [0.2, 0.25) is 0 Å². The Labute approximate surface area is 112 Å². The molecule has 1 amide bonds. The third kappa shape index (κ3) is 4.71. The second-order valence-electron chi connectivity index (χ2n) is 4.20. The number of benzene rings is 1. The maximum atomic E-state index is 11.9. The van der Waals surface area contributed by atoms with E-state index in [1.807, 2.05) is 25.1 Å². The van der Waals surface area contributed by atoms with Crippen LogP contribution in [-0.2, 0) is 14.3 Å². The van der Waals surface area contributed by atoms with E-state index in [0.717, 1.165) is 5.56 Å². The van der Waals surface area contributed by atoms with Crippen LogP contribution in [0, 0.1) is 0 Å². The summed E-state index contributed by atoms with van der Waals surface area (Å²) in [5.74, 6) is -1.25. The molecule has 0 aliphatic carbocycles. The Bertz CT molecular complexity index is 415. The first kappa shape index (κ1) is 15.2. The predicted molar refractivity (Wildman–Crippen MR) is 70.7 cm³/mol. The predicted octanol–water partition coefficient (Wildman–Crippen LogP) is 1.74. The number of ether oxygens (including phenoxy) is 1. The number of carbonyl (C=O) groups excluding carboxylic acids is 1. The van der Waals surface area contributed by atoms with Gasteiger partial charge < -0.3 is 15.2 Å². The van der Waals surface area contributed by atoms with Crippen LogP contribution in [0.15, 0.2) is 30.3 Å². The van der Waals surface area contributed by atoms with E-state index in [4.69, 9.17) is 9.84 Å². The molecule has 104 valence electrons. The van der Waals surface area contributed by atoms with Crippen LogP contribution < -0.4 is 5.32 Å². The first-order valence-electron chi connectivity index (χ1n) is 6.18. The standard InChI is InChI=1S/C14H19NO4/c1-3-12(19-2)14(18)15-11(9-13(16)17)10-7-5-4-6-8-10/h4-8,11-12H,3,9H2,1-2H3,(H,15,18)(H,16,17). The Kier molecular flexibility index (Phi) is 6.02. The zero-order valence-corrected chi connectivity index (χ0v) is 11.1. The van der Waals surface area contributed by atoms with Crippen molar-refractivity contribution in [3.8, 4) is 0 Å². The van der Waals surface area contributed by atoms with Gasteiger partial charge in [-0.05, 0) is 12.0 Å². The number of carbonyl (C=O) groups is 2. The first-order valence-corrected chi connectivity index (χ1v) is 6.18. The van der Waals surface area contributed by atoms with Crippen molar-refractivity contribution in [1.82, 2.24) is 5.32 Å². The van der Waals surface area contributed by atoms with Gasteiger partial charge in [0.1, 0.15) is 6.10 Å². The normalized spacial score (nSPS) is 13.6. The molecule has 0 fully saturated rings. The minimum absolute atomic E-state index is 0.157. The average Bonchev–Trinajstić information content (AvgIpc) is 2.40. The number of amides is 1. The van der Waals surface area contributed by atoms with E-state index >= 15 is 0 Å². The number of aliphatic carboxylic acids is 1. The van der Waals surface area contributed by atoms with Gasteiger partial charge in [0.25, 0.3) is 0 Å². The van der Waals surface area contributed by atoms with Crippen molar-refractivity contribution in [2.24, 2.45) is 0 Å². The van der Waals surface area contributed by atoms with Gasteiger partial charge in [-0.1, -0.05) is 37.3 Å². The molecular weight excluding hydrogens is 246 g/mol. The molecule has 0 heterocycles. The highest BCUT2D eigenvalue weighted by Gasteiger charge is 2.22. The number of nitrogens with one attached hydrogen (secondary N) is 1. The summed E-state index contributed by atoms with van der Waals surface area (Å²) in [5.41, 5.74) is 0.768. The molecule has 0 aromatic heterocycles. The molecule has 0 radical (unpaired) electrons. The SMILES string of the molecule is CCC(OC)C(=O)NC(CC(=O)O)c1ccccc1. The van der Waals surface area contributed by atoms with Gasteiger partial charge >= 0.3 is 5.97 Å². The quantitative estimate of drug-likeness (QED) is 0.787. The van der Waals surface area contributed by atoms with Crippen molar-refractivity contribution >= 4 is 11.9 Å². The third-order valence-electron chi connectivity index (χ3n) is 2.84. The molecule has 0 aliphatic heterocycles. The minimum atomic E-state index is -0.959. The lowest BCUT2D eigenvalue weighted by atomic mass is 10.0. The topological polar surface area (TPSA) is 75.6 Å². The molecule has 1 aromatic rings. The molecule has 0 saturated carbocycles. The van der Waals surface area contributed by atoms with E-state index in [1.54, 1.807) is 12.1 Å². The van der Waals surface area contributed by atoms with E-state index in [2.05, 4.69) is 5.32 Å². The summed E-state index contributed by atoms with van der Waals surface area (Å²) in [7, 11) is 1.46. The molecule has 5 heteroatoms. The van der Waals surface area contributed by atoms with Crippen LogP contribution in [0.1, 0.15) is 31.4 Å². The Balaban J connectivity index is 2.81. The zero-order chi connectivity index (χ0) is 14.3. The molecule has 0 spiro atoms. The van der Waals surface area contributed by atoms with Gasteiger partial charge in [-0.2, -0.15) is 0 Å². The highest BCUT2D eigenvalue weighted by atomic mass is 16.5. The van der Waals surface area contributed by atoms with Crippen molar-refractivity contribution in [1.29, 1.82) is 0 Å². The van der Waals surface area contributed by atoms with Gasteiger partial charge in [-0.25, -0.2) is 0 Å². The summed E-state index contributed by atoms with van der Waals surface area (Å²) in [6, 6.07) is 8.50. The average molecular weight is 265 g/mol. The fraction of sp³-hybridized carbons (Fsp3) is 0.429. The summed E-state index contributed by atoms with van der Waals surface area (Å²) in [4.78, 5) is 22.8. The molecule has 2 unspecified atom stereocenters. The Hall–Kier alpha value is -1.88. The maximum Gasteiger partial charge on any atom is 0.305 e. The Morgan fingerprint density at radius 2 is 1.95 bits per heavy atom. The Morgan fingerprint density at radius 3 is 2.42 bits per heavy atom. The third-order valence-corrected chi connectivity index (χ3v) is 2.84. The molecule has 2 N–H and O–H groups in total. The fourth-order valence-corrected chi connectivity index (χ4v) is 1.84. The highest BCUT2D eigenvalue weighted by Crippen LogP contribution is 2.17. The molecule has 1 rings (SSSR count). The number of hydrogen-bond acceptors (Lipinski definition) is 3. The molecule has 0 saturated heterocycles. The largest absolute Gasteiger partial charge is 0.481 e. The van der Waals surface area contributed by atoms with E-state index in [-0.39, 0.29) is 12.3 Å². The van der Waals surface area contributed by atoms with Gasteiger partial charge in [0, 0.05) is 7.11 Å². The molecule has 1 aromatic carbocycles. The van der Waals surface area contributed by atoms with Gasteiger partial charge in [0.05, 0.1) is 12.5 Å². The summed E-state index contributed by atoms with van der Waals surface area (Å²) in [6.07, 6.45) is -0.174. The summed E-state index contributed by atoms with van der Waals surface area (Å²) >= 11 is 0. The van der Waals surface area contributed by atoms with E-state index in [9.17, 15) is 9.59 Å². The number of hydrogen-bond donors (Lipinski definition) is 2. The zero-order valence-electron chi connectivity index (χ0n) is 11.1. The van der Waals surface area contributed by atoms with E-state index in [0.29, 0.717) is 6.42 Å². The monoisotopic (exact) mass is 265 g/mol. The van der Waals surface area contributed by atoms with Crippen LogP contribution in [0.25, 0.3) is 0 Å². The minimum Gasteiger partial charge on any atom is -0.481 e. The van der Waals surface area contributed by atoms with Gasteiger partial charge in [-0.3, -0.25) is 9.59 Å². The lowest BCUT2D eigenvalue weighted by Crippen LogP contribution is -2.38. The maximum absolute atomic E-state index is 11.9. The summed E-state index contributed by atoms with van der Waals surface area (Å²) in [5, 5.41) is 11.7. The highest BCUT2D eigenvalue weighted by molar-refractivity contribution is 5.81. The summed E-state index contributed by atoms with van der Waals surface area (Å²) < 4.78 is 5.04. The van der Waals surface area contributed by atoms with Gasteiger partial charge in [0.15, 0.2) is 0 Å². The Morgan fingerprint density at radius 1 is 1.32 bits per heavy atom. The number of carboxylic acid groups (broad SMARTS) is 1. The fourth-order valence-electron chi connectivity index (χ4n) is 1.84. The van der Waals surface area contributed by atoms with Crippen molar-refractivity contribution in [2.75, 3.05) is 7.11 Å². The first-order chi connectivity index (χ1) is 9.08. The molecular formula is C14H19NO4. The molecule has 0 bridgehead atoms. The van der Waals surface area contributed by atoms with Crippen molar-refractivity contribution in [3.63, 3.8) is 0 Å². The van der Waals surface area contributed by atoms with Crippen molar-refractivity contribution in [3.05, 3.63) is 35.9 Å². The van der Waals surface area contributed by atoms with Crippen LogP contribution >= 0.6 is 0 Å². The van der Waals surface area contributed by atoms with E-state index < -0.39 is 18.1 Å². The lowest BCUT2D eigenvalue weighted by Gasteiger charge is -2.20.